The van der Waals surface area contributed by atoms with E-state index < -0.39 is 5.41 Å². The SMILES string of the molecule is CC(C)(C)C(=O)COCCOCCNC(=O)COCCOCCNC(=O)CCCCCCCCCN=[N+]=[N-]. The molecule has 0 unspecified atom stereocenters. The molecule has 0 atom stereocenters. The summed E-state index contributed by atoms with van der Waals surface area (Å²) < 4.78 is 21.3. The Kier molecular flexibility index (Phi) is 23.6. The first kappa shape index (κ1) is 35.8. The van der Waals surface area contributed by atoms with Crippen molar-refractivity contribution in [1.29, 1.82) is 0 Å². The van der Waals surface area contributed by atoms with Crippen molar-refractivity contribution in [1.82, 2.24) is 10.6 Å². The van der Waals surface area contributed by atoms with E-state index in [1.807, 2.05) is 20.8 Å². The maximum Gasteiger partial charge on any atom is 0.246 e. The number of Topliss-reactive ketones (excluding diaryl/α,β-unsaturated/α-hetero) is 1. The molecule has 0 bridgehead atoms. The van der Waals surface area contributed by atoms with Gasteiger partial charge in [-0.1, -0.05) is 58.0 Å². The van der Waals surface area contributed by atoms with Gasteiger partial charge in [0.1, 0.15) is 13.2 Å². The third kappa shape index (κ3) is 25.4. The second kappa shape index (κ2) is 25.1. The molecule has 0 aromatic carbocycles. The first-order valence-electron chi connectivity index (χ1n) is 13.7. The van der Waals surface area contributed by atoms with Gasteiger partial charge in [-0.25, -0.2) is 0 Å². The van der Waals surface area contributed by atoms with Gasteiger partial charge in [0.15, 0.2) is 5.78 Å². The normalized spacial score (nSPS) is 11.1. The molecule has 0 radical (unpaired) electrons. The Balaban J connectivity index is 3.35. The van der Waals surface area contributed by atoms with Crippen molar-refractivity contribution in [2.24, 2.45) is 10.5 Å². The number of hydrogen-bond acceptors (Lipinski definition) is 8. The van der Waals surface area contributed by atoms with Gasteiger partial charge in [-0.2, -0.15) is 0 Å². The van der Waals surface area contributed by atoms with Gasteiger partial charge < -0.3 is 29.6 Å². The number of hydrogen-bond donors (Lipinski definition) is 2. The summed E-state index contributed by atoms with van der Waals surface area (Å²) in [4.78, 5) is 38.0. The Labute approximate surface area is 227 Å². The van der Waals surface area contributed by atoms with Crippen molar-refractivity contribution < 1.29 is 33.3 Å². The standard InChI is InChI=1S/C26H49N5O7/c1-26(2,3)23(32)21-37-19-17-36-16-14-29-25(34)22-38-20-18-35-15-13-28-24(33)11-9-7-5-4-6-8-10-12-30-31-27/h4-22H2,1-3H3,(H,28,33)(H,29,34). The van der Waals surface area contributed by atoms with E-state index in [1.54, 1.807) is 0 Å². The molecule has 0 aromatic heterocycles. The summed E-state index contributed by atoms with van der Waals surface area (Å²) in [5.74, 6) is -0.162. The molecule has 0 aromatic rings. The number of carbonyl (C=O) groups is 3. The van der Waals surface area contributed by atoms with Crippen LogP contribution in [0.2, 0.25) is 0 Å². The fraction of sp³-hybridized carbons (Fsp3) is 0.885. The van der Waals surface area contributed by atoms with Gasteiger partial charge in [-0.05, 0) is 18.4 Å². The van der Waals surface area contributed by atoms with E-state index in [0.717, 1.165) is 44.9 Å². The number of nitrogens with zero attached hydrogens (tertiary/aromatic N) is 3. The van der Waals surface area contributed by atoms with Crippen LogP contribution in [0.5, 0.6) is 0 Å². The summed E-state index contributed by atoms with van der Waals surface area (Å²) in [6.45, 7) is 8.99. The van der Waals surface area contributed by atoms with Crippen LogP contribution in [0, 0.1) is 5.41 Å². The Hall–Kier alpha value is -2.24. The van der Waals surface area contributed by atoms with Crippen LogP contribution in [0.1, 0.15) is 72.1 Å². The molecule has 0 aliphatic carbocycles. The third-order valence-corrected chi connectivity index (χ3v) is 5.41. The third-order valence-electron chi connectivity index (χ3n) is 5.41. The average Bonchev–Trinajstić information content (AvgIpc) is 2.87. The van der Waals surface area contributed by atoms with Crippen molar-refractivity contribution in [2.75, 3.05) is 72.5 Å². The van der Waals surface area contributed by atoms with E-state index in [9.17, 15) is 14.4 Å². The average molecular weight is 544 g/mol. The number of carbonyl (C=O) groups excluding carboxylic acids is 3. The molecule has 0 fully saturated rings. The van der Waals surface area contributed by atoms with Crippen LogP contribution < -0.4 is 10.6 Å². The molecular weight excluding hydrogens is 494 g/mol. The summed E-state index contributed by atoms with van der Waals surface area (Å²) in [5, 5.41) is 9.04. The van der Waals surface area contributed by atoms with Crippen LogP contribution in [0.4, 0.5) is 0 Å². The van der Waals surface area contributed by atoms with E-state index in [2.05, 4.69) is 20.7 Å². The number of unbranched alkanes of at least 4 members (excludes halogenated alkanes) is 6. The van der Waals surface area contributed by atoms with Crippen molar-refractivity contribution >= 4 is 17.6 Å². The van der Waals surface area contributed by atoms with E-state index in [1.165, 1.54) is 0 Å². The lowest BCUT2D eigenvalue weighted by Crippen LogP contribution is -2.31. The molecule has 0 aliphatic rings. The molecule has 220 valence electrons. The van der Waals surface area contributed by atoms with E-state index >= 15 is 0 Å². The number of amides is 2. The van der Waals surface area contributed by atoms with E-state index in [-0.39, 0.29) is 37.4 Å². The maximum atomic E-state index is 11.8. The predicted molar refractivity (Wildman–Crippen MR) is 145 cm³/mol. The van der Waals surface area contributed by atoms with Gasteiger partial charge >= 0.3 is 0 Å². The van der Waals surface area contributed by atoms with Gasteiger partial charge in [0, 0.05) is 36.4 Å². The van der Waals surface area contributed by atoms with Gasteiger partial charge in [-0.15, -0.1) is 0 Å². The summed E-state index contributed by atoms with van der Waals surface area (Å²) >= 11 is 0. The Morgan fingerprint density at radius 2 is 1.18 bits per heavy atom. The number of ether oxygens (including phenoxy) is 4. The lowest BCUT2D eigenvalue weighted by atomic mass is 9.91. The fourth-order valence-corrected chi connectivity index (χ4v) is 3.05. The van der Waals surface area contributed by atoms with Crippen molar-refractivity contribution in [2.45, 2.75) is 72.1 Å². The van der Waals surface area contributed by atoms with E-state index in [4.69, 9.17) is 24.5 Å². The number of azide groups is 1. The van der Waals surface area contributed by atoms with Crippen molar-refractivity contribution in [3.05, 3.63) is 10.4 Å². The molecule has 0 saturated carbocycles. The molecular formula is C26H49N5O7. The highest BCUT2D eigenvalue weighted by Crippen LogP contribution is 2.14. The highest BCUT2D eigenvalue weighted by Gasteiger charge is 2.20. The van der Waals surface area contributed by atoms with Gasteiger partial charge in [0.05, 0.1) is 39.6 Å². The molecule has 2 amide bonds. The Morgan fingerprint density at radius 3 is 1.76 bits per heavy atom. The fourth-order valence-electron chi connectivity index (χ4n) is 3.05. The molecule has 0 heterocycles. The van der Waals surface area contributed by atoms with Crippen LogP contribution in [0.3, 0.4) is 0 Å². The summed E-state index contributed by atoms with van der Waals surface area (Å²) in [5.41, 5.74) is 7.79. The molecule has 0 rings (SSSR count). The quantitative estimate of drug-likeness (QED) is 0.0732. The maximum absolute atomic E-state index is 11.8. The van der Waals surface area contributed by atoms with Gasteiger partial charge in [0.2, 0.25) is 11.8 Å². The monoisotopic (exact) mass is 543 g/mol. The molecule has 12 heteroatoms. The predicted octanol–water partition coefficient (Wildman–Crippen LogP) is 3.33. The first-order chi connectivity index (χ1) is 18.3. The van der Waals surface area contributed by atoms with Crippen LogP contribution >= 0.6 is 0 Å². The molecule has 12 nitrogen and oxygen atoms in total. The van der Waals surface area contributed by atoms with E-state index in [0.29, 0.717) is 59.1 Å². The first-order valence-corrected chi connectivity index (χ1v) is 13.7. The highest BCUT2D eigenvalue weighted by atomic mass is 16.5. The topological polar surface area (TPSA) is 161 Å². The Morgan fingerprint density at radius 1 is 0.684 bits per heavy atom. The highest BCUT2D eigenvalue weighted by molar-refractivity contribution is 5.84. The second-order valence-electron chi connectivity index (χ2n) is 9.88. The lowest BCUT2D eigenvalue weighted by molar-refractivity contribution is -0.131. The molecule has 2 N–H and O–H groups in total. The second-order valence-corrected chi connectivity index (χ2v) is 9.88. The zero-order valence-corrected chi connectivity index (χ0v) is 23.6. The van der Waals surface area contributed by atoms with Crippen molar-refractivity contribution in [3.8, 4) is 0 Å². The Bertz CT molecular complexity index is 679. The smallest absolute Gasteiger partial charge is 0.246 e. The van der Waals surface area contributed by atoms with Crippen LogP contribution in [0.25, 0.3) is 10.4 Å². The molecule has 38 heavy (non-hydrogen) atoms. The minimum absolute atomic E-state index is 0.0306. The van der Waals surface area contributed by atoms with Crippen LogP contribution in [-0.2, 0) is 33.3 Å². The zero-order chi connectivity index (χ0) is 28.3. The van der Waals surface area contributed by atoms with Crippen molar-refractivity contribution in [3.63, 3.8) is 0 Å². The minimum atomic E-state index is -0.407. The zero-order valence-electron chi connectivity index (χ0n) is 23.6. The van der Waals surface area contributed by atoms with Crippen LogP contribution in [0.15, 0.2) is 5.11 Å². The minimum Gasteiger partial charge on any atom is -0.377 e. The lowest BCUT2D eigenvalue weighted by Gasteiger charge is -2.16. The molecule has 0 spiro atoms. The van der Waals surface area contributed by atoms with Crippen LogP contribution in [-0.4, -0.2) is 90.1 Å². The summed E-state index contributed by atoms with van der Waals surface area (Å²) in [6.07, 6.45) is 7.84. The molecule has 0 aliphatic heterocycles. The number of ketones is 1. The van der Waals surface area contributed by atoms with Gasteiger partial charge in [-0.3, -0.25) is 14.4 Å². The summed E-state index contributed by atoms with van der Waals surface area (Å²) in [6, 6.07) is 0. The summed E-state index contributed by atoms with van der Waals surface area (Å²) in [7, 11) is 0. The number of nitrogens with one attached hydrogen (secondary N) is 2. The molecule has 0 saturated heterocycles. The number of rotatable bonds is 26. The largest absolute Gasteiger partial charge is 0.377 e. The van der Waals surface area contributed by atoms with Gasteiger partial charge in [0.25, 0.3) is 0 Å².